The Labute approximate surface area is 116 Å². The molecule has 0 fully saturated rings. The van der Waals surface area contributed by atoms with E-state index in [9.17, 15) is 0 Å². The first-order valence-electron chi connectivity index (χ1n) is 6.67. The summed E-state index contributed by atoms with van der Waals surface area (Å²) < 4.78 is 16.4. The number of hydrogen-bond donors (Lipinski definition) is 1. The average Bonchev–Trinajstić information content (AvgIpc) is 2.37. The first kappa shape index (κ1) is 15.8. The Morgan fingerprint density at radius 1 is 1.11 bits per heavy atom. The number of hydrogen-bond acceptors (Lipinski definition) is 4. The summed E-state index contributed by atoms with van der Waals surface area (Å²) in [6.07, 6.45) is 0. The molecule has 1 N–H and O–H groups in total. The molecule has 0 radical (unpaired) electrons. The molecule has 0 aliphatic rings. The standard InChI is InChI=1S/C15H25NO3/c1-5-18-13-8-6-7-9-14(13)19-11-10-16-15(2,3)12-17-4/h6-9,16H,5,10-12H2,1-4H3. The fourth-order valence-corrected chi connectivity index (χ4v) is 1.81. The SMILES string of the molecule is CCOc1ccccc1OCCNC(C)(C)COC. The summed E-state index contributed by atoms with van der Waals surface area (Å²) in [4.78, 5) is 0. The number of nitrogens with one attached hydrogen (secondary N) is 1. The van der Waals surface area contributed by atoms with Crippen molar-refractivity contribution in [3.63, 3.8) is 0 Å². The maximum atomic E-state index is 5.73. The summed E-state index contributed by atoms with van der Waals surface area (Å²) in [5, 5.41) is 3.39. The van der Waals surface area contributed by atoms with E-state index in [4.69, 9.17) is 14.2 Å². The van der Waals surface area contributed by atoms with Crippen molar-refractivity contribution >= 4 is 0 Å². The zero-order valence-corrected chi connectivity index (χ0v) is 12.4. The van der Waals surface area contributed by atoms with Crippen LogP contribution in [0.25, 0.3) is 0 Å². The molecule has 0 bridgehead atoms. The van der Waals surface area contributed by atoms with Crippen LogP contribution >= 0.6 is 0 Å². The van der Waals surface area contributed by atoms with Crippen LogP contribution in [-0.4, -0.2) is 39.0 Å². The van der Waals surface area contributed by atoms with E-state index in [1.165, 1.54) is 0 Å². The molecule has 0 atom stereocenters. The smallest absolute Gasteiger partial charge is 0.161 e. The van der Waals surface area contributed by atoms with Gasteiger partial charge >= 0.3 is 0 Å². The van der Waals surface area contributed by atoms with Crippen LogP contribution in [0.2, 0.25) is 0 Å². The van der Waals surface area contributed by atoms with Gasteiger partial charge < -0.3 is 19.5 Å². The average molecular weight is 267 g/mol. The van der Waals surface area contributed by atoms with Crippen LogP contribution in [0.3, 0.4) is 0 Å². The molecule has 1 aromatic carbocycles. The van der Waals surface area contributed by atoms with E-state index in [1.54, 1.807) is 7.11 Å². The van der Waals surface area contributed by atoms with E-state index in [1.807, 2.05) is 31.2 Å². The Morgan fingerprint density at radius 3 is 2.32 bits per heavy atom. The van der Waals surface area contributed by atoms with E-state index in [0.717, 1.165) is 18.0 Å². The highest BCUT2D eigenvalue weighted by atomic mass is 16.5. The molecule has 4 nitrogen and oxygen atoms in total. The maximum Gasteiger partial charge on any atom is 0.161 e. The van der Waals surface area contributed by atoms with E-state index in [2.05, 4.69) is 19.2 Å². The molecule has 0 heterocycles. The molecule has 0 unspecified atom stereocenters. The highest BCUT2D eigenvalue weighted by Gasteiger charge is 2.15. The van der Waals surface area contributed by atoms with Gasteiger partial charge in [-0.05, 0) is 32.9 Å². The minimum atomic E-state index is -0.0441. The molecular weight excluding hydrogens is 242 g/mol. The maximum absolute atomic E-state index is 5.73. The van der Waals surface area contributed by atoms with Gasteiger partial charge in [0.15, 0.2) is 11.5 Å². The number of methoxy groups -OCH3 is 1. The number of ether oxygens (including phenoxy) is 3. The van der Waals surface area contributed by atoms with Gasteiger partial charge in [0.05, 0.1) is 13.2 Å². The lowest BCUT2D eigenvalue weighted by molar-refractivity contribution is 0.125. The summed E-state index contributed by atoms with van der Waals surface area (Å²) in [6.45, 7) is 8.83. The van der Waals surface area contributed by atoms with Gasteiger partial charge in [-0.25, -0.2) is 0 Å². The summed E-state index contributed by atoms with van der Waals surface area (Å²) >= 11 is 0. The van der Waals surface area contributed by atoms with Crippen LogP contribution in [0.1, 0.15) is 20.8 Å². The lowest BCUT2D eigenvalue weighted by Crippen LogP contribution is -2.45. The molecule has 0 saturated heterocycles. The summed E-state index contributed by atoms with van der Waals surface area (Å²) in [7, 11) is 1.71. The predicted octanol–water partition coefficient (Wildman–Crippen LogP) is 2.48. The van der Waals surface area contributed by atoms with Gasteiger partial charge in [-0.3, -0.25) is 0 Å². The Bertz CT molecular complexity index is 366. The summed E-state index contributed by atoms with van der Waals surface area (Å²) in [5.74, 6) is 1.58. The molecule has 0 saturated carbocycles. The molecular formula is C15H25NO3. The van der Waals surface area contributed by atoms with Crippen molar-refractivity contribution in [1.29, 1.82) is 0 Å². The van der Waals surface area contributed by atoms with Crippen LogP contribution in [0.15, 0.2) is 24.3 Å². The van der Waals surface area contributed by atoms with Crippen molar-refractivity contribution < 1.29 is 14.2 Å². The predicted molar refractivity (Wildman–Crippen MR) is 77.1 cm³/mol. The van der Waals surface area contributed by atoms with Crippen molar-refractivity contribution in [1.82, 2.24) is 5.32 Å². The Kier molecular flexibility index (Phi) is 6.67. The van der Waals surface area contributed by atoms with Crippen molar-refractivity contribution in [2.24, 2.45) is 0 Å². The Hall–Kier alpha value is -1.26. The van der Waals surface area contributed by atoms with Crippen molar-refractivity contribution in [3.8, 4) is 11.5 Å². The first-order chi connectivity index (χ1) is 9.09. The normalized spacial score (nSPS) is 11.4. The van der Waals surface area contributed by atoms with Crippen molar-refractivity contribution in [3.05, 3.63) is 24.3 Å². The van der Waals surface area contributed by atoms with E-state index < -0.39 is 0 Å². The Morgan fingerprint density at radius 2 is 1.74 bits per heavy atom. The lowest BCUT2D eigenvalue weighted by atomic mass is 10.1. The van der Waals surface area contributed by atoms with E-state index >= 15 is 0 Å². The van der Waals surface area contributed by atoms with Gasteiger partial charge in [0.2, 0.25) is 0 Å². The summed E-state index contributed by atoms with van der Waals surface area (Å²) in [6, 6.07) is 7.73. The lowest BCUT2D eigenvalue weighted by Gasteiger charge is -2.25. The third-order valence-corrected chi connectivity index (χ3v) is 2.62. The second kappa shape index (κ2) is 8.02. The van der Waals surface area contributed by atoms with Crippen LogP contribution in [0, 0.1) is 0 Å². The fraction of sp³-hybridized carbons (Fsp3) is 0.600. The molecule has 1 aromatic rings. The molecule has 1 rings (SSSR count). The Balaban J connectivity index is 2.37. The minimum Gasteiger partial charge on any atom is -0.490 e. The second-order valence-corrected chi connectivity index (χ2v) is 4.97. The molecule has 0 spiro atoms. The second-order valence-electron chi connectivity index (χ2n) is 4.97. The molecule has 4 heteroatoms. The van der Waals surface area contributed by atoms with E-state index in [0.29, 0.717) is 19.8 Å². The summed E-state index contributed by atoms with van der Waals surface area (Å²) in [5.41, 5.74) is -0.0441. The van der Waals surface area contributed by atoms with Gasteiger partial charge in [0.1, 0.15) is 6.61 Å². The number of rotatable bonds is 9. The van der Waals surface area contributed by atoms with Crippen LogP contribution in [0.5, 0.6) is 11.5 Å². The highest BCUT2D eigenvalue weighted by Crippen LogP contribution is 2.26. The molecule has 0 amide bonds. The van der Waals surface area contributed by atoms with Crippen molar-refractivity contribution in [2.75, 3.05) is 33.5 Å². The fourth-order valence-electron chi connectivity index (χ4n) is 1.81. The number of benzene rings is 1. The van der Waals surface area contributed by atoms with Crippen LogP contribution in [-0.2, 0) is 4.74 Å². The van der Waals surface area contributed by atoms with Gasteiger partial charge in [-0.1, -0.05) is 12.1 Å². The van der Waals surface area contributed by atoms with Crippen LogP contribution in [0.4, 0.5) is 0 Å². The third-order valence-electron chi connectivity index (χ3n) is 2.62. The molecule has 19 heavy (non-hydrogen) atoms. The topological polar surface area (TPSA) is 39.7 Å². The quantitative estimate of drug-likeness (QED) is 0.698. The van der Waals surface area contributed by atoms with Crippen LogP contribution < -0.4 is 14.8 Å². The van der Waals surface area contributed by atoms with Crippen molar-refractivity contribution in [2.45, 2.75) is 26.3 Å². The van der Waals surface area contributed by atoms with Gasteiger partial charge in [0, 0.05) is 19.2 Å². The molecule has 0 aliphatic heterocycles. The zero-order valence-electron chi connectivity index (χ0n) is 12.4. The minimum absolute atomic E-state index is 0.0441. The van der Waals surface area contributed by atoms with Gasteiger partial charge in [0.25, 0.3) is 0 Å². The molecule has 0 aromatic heterocycles. The highest BCUT2D eigenvalue weighted by molar-refractivity contribution is 5.39. The largest absolute Gasteiger partial charge is 0.490 e. The van der Waals surface area contributed by atoms with E-state index in [-0.39, 0.29) is 5.54 Å². The first-order valence-corrected chi connectivity index (χ1v) is 6.67. The monoisotopic (exact) mass is 267 g/mol. The molecule has 108 valence electrons. The molecule has 0 aliphatic carbocycles. The third kappa shape index (κ3) is 5.94. The zero-order chi connectivity index (χ0) is 14.1. The van der Waals surface area contributed by atoms with Gasteiger partial charge in [-0.15, -0.1) is 0 Å². The number of para-hydroxylation sites is 2. The van der Waals surface area contributed by atoms with Gasteiger partial charge in [-0.2, -0.15) is 0 Å².